The Morgan fingerprint density at radius 3 is 1.26 bits per heavy atom. The third-order valence-corrected chi connectivity index (χ3v) is 9.70. The molecule has 0 unspecified atom stereocenters. The highest BCUT2D eigenvalue weighted by Gasteiger charge is 2.13. The lowest BCUT2D eigenvalue weighted by Crippen LogP contribution is -1.94. The summed E-state index contributed by atoms with van der Waals surface area (Å²) in [4.78, 5) is 0. The molecule has 0 saturated heterocycles. The van der Waals surface area contributed by atoms with Gasteiger partial charge in [-0.1, -0.05) is 146 Å². The molecule has 7 aromatic carbocycles. The van der Waals surface area contributed by atoms with Gasteiger partial charge in [0, 0.05) is 32.9 Å². The Balaban J connectivity index is 1.08. The molecule has 0 fully saturated rings. The van der Waals surface area contributed by atoms with E-state index in [1.165, 1.54) is 43.6 Å². The first kappa shape index (κ1) is 29.5. The summed E-state index contributed by atoms with van der Waals surface area (Å²) in [5.74, 6) is 0. The van der Waals surface area contributed by atoms with Gasteiger partial charge in [-0.25, -0.2) is 0 Å². The topological polar surface area (TPSA) is 9.86 Å². The van der Waals surface area contributed by atoms with E-state index in [4.69, 9.17) is 0 Å². The fourth-order valence-electron chi connectivity index (χ4n) is 7.28. The van der Waals surface area contributed by atoms with E-state index < -0.39 is 0 Å². The van der Waals surface area contributed by atoms with Crippen LogP contribution in [0.4, 0.5) is 0 Å². The number of allylic oxidation sites excluding steroid dienone is 4. The van der Waals surface area contributed by atoms with Crippen LogP contribution in [0.1, 0.15) is 16.7 Å². The van der Waals surface area contributed by atoms with E-state index in [2.05, 4.69) is 204 Å². The van der Waals surface area contributed by atoms with Gasteiger partial charge in [-0.15, -0.1) is 0 Å². The van der Waals surface area contributed by atoms with Crippen LogP contribution in [-0.4, -0.2) is 9.13 Å². The lowest BCUT2D eigenvalue weighted by Gasteiger charge is -2.11. The molecule has 9 aromatic rings. The molecule has 0 atom stereocenters. The second-order valence-corrected chi connectivity index (χ2v) is 12.7. The average Bonchev–Trinajstić information content (AvgIpc) is 3.70. The Morgan fingerprint density at radius 2 is 0.800 bits per heavy atom. The Bertz CT molecular complexity index is 2630. The minimum absolute atomic E-state index is 0.971. The van der Waals surface area contributed by atoms with Crippen molar-refractivity contribution in [3.05, 3.63) is 211 Å². The fraction of sp³-hybridized carbons (Fsp3) is 0. The molecule has 0 N–H and O–H groups in total. The van der Waals surface area contributed by atoms with Crippen molar-refractivity contribution in [1.29, 1.82) is 0 Å². The van der Waals surface area contributed by atoms with Gasteiger partial charge in [0.25, 0.3) is 0 Å². The summed E-state index contributed by atoms with van der Waals surface area (Å²) in [7, 11) is 0. The minimum Gasteiger partial charge on any atom is -0.309 e. The monoisotopic (exact) mass is 638 g/mol. The van der Waals surface area contributed by atoms with Crippen molar-refractivity contribution >= 4 is 60.8 Å². The second kappa shape index (κ2) is 12.4. The Morgan fingerprint density at radius 1 is 0.400 bits per heavy atom. The highest BCUT2D eigenvalue weighted by molar-refractivity contribution is 6.10. The van der Waals surface area contributed by atoms with Gasteiger partial charge in [0.2, 0.25) is 0 Å². The maximum absolute atomic E-state index is 4.44. The van der Waals surface area contributed by atoms with Gasteiger partial charge in [0.15, 0.2) is 0 Å². The van der Waals surface area contributed by atoms with E-state index in [1.54, 1.807) is 0 Å². The summed E-state index contributed by atoms with van der Waals surface area (Å²) < 4.78 is 4.71. The SMILES string of the molecule is C=C(/C=C(\C=C\c1ccc(-n2c3ccccc3c3ccccc32)cc1)c1ccc(-n2c3ccccc3c3ccccc32)cc1)c1ccccc1. The van der Waals surface area contributed by atoms with Crippen LogP contribution in [0.2, 0.25) is 0 Å². The van der Waals surface area contributed by atoms with Gasteiger partial charge in [-0.3, -0.25) is 0 Å². The predicted molar refractivity (Wildman–Crippen MR) is 214 cm³/mol. The van der Waals surface area contributed by atoms with E-state index in [0.29, 0.717) is 0 Å². The van der Waals surface area contributed by atoms with Crippen LogP contribution >= 0.6 is 0 Å². The molecule has 2 heteroatoms. The maximum Gasteiger partial charge on any atom is 0.0541 e. The van der Waals surface area contributed by atoms with Crippen molar-refractivity contribution in [2.45, 2.75) is 0 Å². The molecule has 0 aliphatic rings. The molecule has 2 nitrogen and oxygen atoms in total. The van der Waals surface area contributed by atoms with E-state index >= 15 is 0 Å². The first-order chi connectivity index (χ1) is 24.7. The third kappa shape index (κ3) is 5.15. The number of aromatic nitrogens is 2. The molecule has 50 heavy (non-hydrogen) atoms. The number of benzene rings is 7. The van der Waals surface area contributed by atoms with Crippen LogP contribution in [0.5, 0.6) is 0 Å². The molecular weight excluding hydrogens is 605 g/mol. The predicted octanol–water partition coefficient (Wildman–Crippen LogP) is 12.7. The van der Waals surface area contributed by atoms with Crippen LogP contribution in [0.15, 0.2) is 195 Å². The van der Waals surface area contributed by atoms with Gasteiger partial charge in [-0.05, 0) is 82.4 Å². The molecule has 0 aliphatic heterocycles. The van der Waals surface area contributed by atoms with Gasteiger partial charge < -0.3 is 9.13 Å². The van der Waals surface area contributed by atoms with E-state index in [0.717, 1.165) is 39.2 Å². The van der Waals surface area contributed by atoms with E-state index in [1.807, 2.05) is 6.07 Å². The largest absolute Gasteiger partial charge is 0.309 e. The normalized spacial score (nSPS) is 12.1. The zero-order valence-electron chi connectivity index (χ0n) is 27.6. The molecule has 2 heterocycles. The fourth-order valence-corrected chi connectivity index (χ4v) is 7.28. The summed E-state index contributed by atoms with van der Waals surface area (Å²) in [5, 5.41) is 5.06. The molecular formula is C48H34N2. The van der Waals surface area contributed by atoms with Crippen molar-refractivity contribution in [2.75, 3.05) is 0 Å². The van der Waals surface area contributed by atoms with E-state index in [9.17, 15) is 0 Å². The number of nitrogens with zero attached hydrogens (tertiary/aromatic N) is 2. The van der Waals surface area contributed by atoms with Gasteiger partial charge in [0.05, 0.1) is 22.1 Å². The summed E-state index contributed by atoms with van der Waals surface area (Å²) in [6.45, 7) is 4.44. The number of hydrogen-bond acceptors (Lipinski definition) is 0. The molecule has 9 rings (SSSR count). The minimum atomic E-state index is 0.971. The van der Waals surface area contributed by atoms with Gasteiger partial charge in [0.1, 0.15) is 0 Å². The molecule has 0 saturated carbocycles. The maximum atomic E-state index is 4.44. The number of rotatable bonds is 7. The standard InChI is InChI=1S/C48H34N2/c1-34(36-13-3-2-4-14-36)33-38(37-27-31-40(32-28-37)50-47-21-11-7-17-43(47)44-18-8-12-22-48(44)50)26-23-35-24-29-39(30-25-35)49-45-19-9-5-15-41(45)42-16-6-10-20-46(42)49/h2-33H,1H2/b26-23+,38-33+. The average molecular weight is 639 g/mol. The van der Waals surface area contributed by atoms with E-state index in [-0.39, 0.29) is 0 Å². The van der Waals surface area contributed by atoms with Crippen LogP contribution in [0.25, 0.3) is 72.2 Å². The van der Waals surface area contributed by atoms with Crippen molar-refractivity contribution < 1.29 is 0 Å². The number of fused-ring (bicyclic) bond motifs is 6. The summed E-state index contributed by atoms with van der Waals surface area (Å²) in [5.41, 5.74) is 12.6. The summed E-state index contributed by atoms with van der Waals surface area (Å²) in [6.07, 6.45) is 6.59. The van der Waals surface area contributed by atoms with Crippen molar-refractivity contribution in [2.24, 2.45) is 0 Å². The molecule has 236 valence electrons. The highest BCUT2D eigenvalue weighted by Crippen LogP contribution is 2.34. The number of para-hydroxylation sites is 4. The molecule has 0 amide bonds. The second-order valence-electron chi connectivity index (χ2n) is 12.7. The molecule has 2 aromatic heterocycles. The molecule has 0 aliphatic carbocycles. The van der Waals surface area contributed by atoms with Crippen molar-refractivity contribution in [3.63, 3.8) is 0 Å². The van der Waals surface area contributed by atoms with Gasteiger partial charge in [-0.2, -0.15) is 0 Å². The van der Waals surface area contributed by atoms with Crippen LogP contribution < -0.4 is 0 Å². The molecule has 0 radical (unpaired) electrons. The number of hydrogen-bond donors (Lipinski definition) is 0. The first-order valence-electron chi connectivity index (χ1n) is 17.0. The van der Waals surface area contributed by atoms with Crippen molar-refractivity contribution in [1.82, 2.24) is 9.13 Å². The lowest BCUT2D eigenvalue weighted by molar-refractivity contribution is 1.18. The molecule has 0 spiro atoms. The molecule has 0 bridgehead atoms. The Kier molecular flexibility index (Phi) is 7.33. The smallest absolute Gasteiger partial charge is 0.0541 e. The zero-order valence-corrected chi connectivity index (χ0v) is 27.6. The lowest BCUT2D eigenvalue weighted by atomic mass is 9.98. The van der Waals surface area contributed by atoms with Gasteiger partial charge >= 0.3 is 0 Å². The summed E-state index contributed by atoms with van der Waals surface area (Å²) >= 11 is 0. The highest BCUT2D eigenvalue weighted by atomic mass is 15.0. The van der Waals surface area contributed by atoms with Crippen LogP contribution in [-0.2, 0) is 0 Å². The Hall–Kier alpha value is -6.64. The van der Waals surface area contributed by atoms with Crippen molar-refractivity contribution in [3.8, 4) is 11.4 Å². The third-order valence-electron chi connectivity index (χ3n) is 9.70. The summed E-state index contributed by atoms with van der Waals surface area (Å²) in [6, 6.07) is 62.6. The Labute approximate surface area is 291 Å². The quantitative estimate of drug-likeness (QED) is 0.154. The first-order valence-corrected chi connectivity index (χ1v) is 17.0. The zero-order chi connectivity index (χ0) is 33.4. The van der Waals surface area contributed by atoms with Crippen LogP contribution in [0.3, 0.4) is 0 Å². The van der Waals surface area contributed by atoms with Crippen LogP contribution in [0, 0.1) is 0 Å².